The molecule has 0 unspecified atom stereocenters. The number of hydrogen-bond acceptors (Lipinski definition) is 5. The van der Waals surface area contributed by atoms with Gasteiger partial charge < -0.3 is 28.4 Å². The summed E-state index contributed by atoms with van der Waals surface area (Å²) in [6.07, 6.45) is -3.94. The van der Waals surface area contributed by atoms with E-state index in [0.717, 1.165) is 6.07 Å². The number of aromatic nitrogens is 1. The van der Waals surface area contributed by atoms with Gasteiger partial charge in [0.2, 0.25) is 0 Å². The highest BCUT2D eigenvalue weighted by molar-refractivity contribution is 6.30. The number of nitrogens with zero attached hydrogens (tertiary/aromatic N) is 2. The van der Waals surface area contributed by atoms with Crippen molar-refractivity contribution in [2.45, 2.75) is 24.6 Å². The first-order valence-electron chi connectivity index (χ1n) is 12.0. The largest absolute Gasteiger partial charge is 0.493 e. The summed E-state index contributed by atoms with van der Waals surface area (Å²) in [4.78, 5) is 15.0. The second-order valence-corrected chi connectivity index (χ2v) is 9.58. The normalized spacial score (nSPS) is 16.0. The number of likely N-dealkylation sites (tertiary alicyclic amines) is 1. The minimum atomic E-state index is -4.55. The van der Waals surface area contributed by atoms with Gasteiger partial charge in [-0.3, -0.25) is 4.79 Å². The fourth-order valence-electron chi connectivity index (χ4n) is 5.06. The molecule has 1 fully saturated rings. The summed E-state index contributed by atoms with van der Waals surface area (Å²) >= 11 is 6.15. The van der Waals surface area contributed by atoms with Crippen LogP contribution in [0.5, 0.6) is 17.2 Å². The number of amides is 1. The van der Waals surface area contributed by atoms with Crippen LogP contribution in [-0.4, -0.2) is 55.9 Å². The molecular weight excluding hydrogens is 525 g/mol. The van der Waals surface area contributed by atoms with Crippen molar-refractivity contribution < 1.29 is 36.9 Å². The number of ether oxygens (including phenoxy) is 4. The Bertz CT molecular complexity index is 1350. The number of benzene rings is 2. The van der Waals surface area contributed by atoms with Gasteiger partial charge in [0.25, 0.3) is 5.91 Å². The zero-order valence-corrected chi connectivity index (χ0v) is 21.6. The van der Waals surface area contributed by atoms with Crippen molar-refractivity contribution in [2.75, 3.05) is 40.5 Å². The first-order valence-corrected chi connectivity index (χ1v) is 12.4. The Morgan fingerprint density at radius 2 is 1.79 bits per heavy atom. The van der Waals surface area contributed by atoms with E-state index in [-0.39, 0.29) is 30.4 Å². The van der Waals surface area contributed by atoms with Crippen LogP contribution >= 0.6 is 11.6 Å². The minimum absolute atomic E-state index is 0.216. The van der Waals surface area contributed by atoms with Gasteiger partial charge in [-0.25, -0.2) is 0 Å². The van der Waals surface area contributed by atoms with Crippen molar-refractivity contribution in [3.8, 4) is 22.9 Å². The predicted molar refractivity (Wildman–Crippen MR) is 134 cm³/mol. The Labute approximate surface area is 222 Å². The van der Waals surface area contributed by atoms with Crippen molar-refractivity contribution in [3.05, 3.63) is 70.5 Å². The zero-order chi connectivity index (χ0) is 27.1. The van der Waals surface area contributed by atoms with Crippen LogP contribution in [0.1, 0.15) is 34.6 Å². The van der Waals surface area contributed by atoms with Gasteiger partial charge in [0.05, 0.1) is 25.1 Å². The first kappa shape index (κ1) is 26.2. The predicted octanol–water partition coefficient (Wildman–Crippen LogP) is 5.71. The highest BCUT2D eigenvalue weighted by Gasteiger charge is 2.48. The molecule has 1 aromatic heterocycles. The van der Waals surface area contributed by atoms with Crippen LogP contribution in [-0.2, 0) is 16.5 Å². The van der Waals surface area contributed by atoms with Crippen molar-refractivity contribution in [2.24, 2.45) is 0 Å². The summed E-state index contributed by atoms with van der Waals surface area (Å²) in [5.41, 5.74) is -0.704. The van der Waals surface area contributed by atoms with Crippen LogP contribution in [0.4, 0.5) is 13.2 Å². The number of halogens is 4. The van der Waals surface area contributed by atoms with Crippen LogP contribution in [0.15, 0.2) is 48.5 Å². The molecule has 0 N–H and O–H groups in total. The molecule has 7 nitrogen and oxygen atoms in total. The topological polar surface area (TPSA) is 62.2 Å². The van der Waals surface area contributed by atoms with Crippen LogP contribution in [0, 0.1) is 0 Å². The summed E-state index contributed by atoms with van der Waals surface area (Å²) in [7, 11) is 3.07. The van der Waals surface area contributed by atoms with E-state index in [1.807, 2.05) is 0 Å². The molecule has 0 saturated carbocycles. The monoisotopic (exact) mass is 550 g/mol. The highest BCUT2D eigenvalue weighted by Crippen LogP contribution is 2.49. The maximum atomic E-state index is 13.9. The molecule has 1 spiro atoms. The molecule has 0 bridgehead atoms. The minimum Gasteiger partial charge on any atom is -0.493 e. The SMILES string of the molecule is COCCOc1ccc(C(=O)N2CCC3(CC2)Oc2cc(Cl)ccc2-n2c(C(F)(F)F)ccc23)cc1OC. The third kappa shape index (κ3) is 4.67. The summed E-state index contributed by atoms with van der Waals surface area (Å²) in [5.74, 6) is 0.974. The Hall–Kier alpha value is -3.37. The van der Waals surface area contributed by atoms with Crippen molar-refractivity contribution in [3.63, 3.8) is 0 Å². The quantitative estimate of drug-likeness (QED) is 0.368. The molecule has 0 radical (unpaired) electrons. The number of methoxy groups -OCH3 is 2. The lowest BCUT2D eigenvalue weighted by Gasteiger charge is -2.45. The maximum absolute atomic E-state index is 13.9. The van der Waals surface area contributed by atoms with Gasteiger partial charge in [0.15, 0.2) is 17.1 Å². The first-order chi connectivity index (χ1) is 18.2. The van der Waals surface area contributed by atoms with E-state index in [1.165, 1.54) is 35.9 Å². The standard InChI is InChI=1S/C27H26ClF3N2O5/c1-35-13-14-37-20-6-3-17(15-22(20)36-2)25(34)32-11-9-26(10-12-32)23-7-8-24(27(29,30)31)33(23)19-5-4-18(28)16-21(19)38-26/h3-8,15-16H,9-14H2,1-2H3. The summed E-state index contributed by atoms with van der Waals surface area (Å²) < 4.78 is 65.3. The van der Waals surface area contributed by atoms with Gasteiger partial charge in [-0.1, -0.05) is 11.6 Å². The molecule has 11 heteroatoms. The molecule has 3 aromatic rings. The summed E-state index contributed by atoms with van der Waals surface area (Å²) in [5, 5.41) is 0.360. The molecule has 38 heavy (non-hydrogen) atoms. The number of carbonyl (C=O) groups is 1. The van der Waals surface area contributed by atoms with E-state index in [4.69, 9.17) is 30.5 Å². The van der Waals surface area contributed by atoms with Gasteiger partial charge >= 0.3 is 6.18 Å². The molecule has 3 heterocycles. The van der Waals surface area contributed by atoms with E-state index >= 15 is 0 Å². The number of alkyl halides is 3. The molecule has 202 valence electrons. The van der Waals surface area contributed by atoms with E-state index in [0.29, 0.717) is 53.8 Å². The average Bonchev–Trinajstić information content (AvgIpc) is 3.36. The molecule has 1 amide bonds. The summed E-state index contributed by atoms with van der Waals surface area (Å²) in [6, 6.07) is 12.1. The number of rotatable bonds is 6. The number of carbonyl (C=O) groups excluding carboxylic acids is 1. The van der Waals surface area contributed by atoms with Crippen LogP contribution in [0.25, 0.3) is 5.69 Å². The Morgan fingerprint density at radius 1 is 1.03 bits per heavy atom. The Morgan fingerprint density at radius 3 is 2.47 bits per heavy atom. The second-order valence-electron chi connectivity index (χ2n) is 9.14. The smallest absolute Gasteiger partial charge is 0.431 e. The van der Waals surface area contributed by atoms with Gasteiger partial charge in [-0.2, -0.15) is 13.2 Å². The molecule has 0 aliphatic carbocycles. The van der Waals surface area contributed by atoms with Gasteiger partial charge in [-0.05, 0) is 42.5 Å². The third-order valence-corrected chi connectivity index (χ3v) is 7.16. The molecule has 1 saturated heterocycles. The lowest BCUT2D eigenvalue weighted by atomic mass is 9.86. The van der Waals surface area contributed by atoms with E-state index in [9.17, 15) is 18.0 Å². The summed E-state index contributed by atoms with van der Waals surface area (Å²) in [6.45, 7) is 1.32. The Kier molecular flexibility index (Phi) is 6.96. The highest BCUT2D eigenvalue weighted by atomic mass is 35.5. The zero-order valence-electron chi connectivity index (χ0n) is 20.8. The molecule has 2 aromatic carbocycles. The van der Waals surface area contributed by atoms with Crippen molar-refractivity contribution in [1.29, 1.82) is 0 Å². The number of hydrogen-bond donors (Lipinski definition) is 0. The molecule has 0 atom stereocenters. The van der Waals surface area contributed by atoms with Crippen LogP contribution in [0.3, 0.4) is 0 Å². The van der Waals surface area contributed by atoms with Gasteiger partial charge in [0, 0.05) is 49.7 Å². The molecule has 2 aliphatic rings. The van der Waals surface area contributed by atoms with Crippen LogP contribution < -0.4 is 14.2 Å². The van der Waals surface area contributed by atoms with E-state index in [2.05, 4.69) is 0 Å². The third-order valence-electron chi connectivity index (χ3n) is 6.92. The van der Waals surface area contributed by atoms with E-state index in [1.54, 1.807) is 30.2 Å². The maximum Gasteiger partial charge on any atom is 0.431 e. The van der Waals surface area contributed by atoms with Gasteiger partial charge in [-0.15, -0.1) is 0 Å². The van der Waals surface area contributed by atoms with Crippen molar-refractivity contribution >= 4 is 17.5 Å². The van der Waals surface area contributed by atoms with Crippen molar-refractivity contribution in [1.82, 2.24) is 9.47 Å². The fourth-order valence-corrected chi connectivity index (χ4v) is 5.22. The fraction of sp³-hybridized carbons (Fsp3) is 0.370. The number of piperidine rings is 1. The molecule has 5 rings (SSSR count). The second kappa shape index (κ2) is 10.1. The molecule has 2 aliphatic heterocycles. The Balaban J connectivity index is 1.39. The van der Waals surface area contributed by atoms with E-state index < -0.39 is 17.5 Å². The average molecular weight is 551 g/mol. The number of fused-ring (bicyclic) bond motifs is 4. The molecular formula is C27H26ClF3N2O5. The lowest BCUT2D eigenvalue weighted by Crippen LogP contribution is -2.50. The van der Waals surface area contributed by atoms with Crippen LogP contribution in [0.2, 0.25) is 5.02 Å². The van der Waals surface area contributed by atoms with Gasteiger partial charge in [0.1, 0.15) is 18.1 Å². The lowest BCUT2D eigenvalue weighted by molar-refractivity contribution is -0.143.